The van der Waals surface area contributed by atoms with Crippen molar-refractivity contribution >= 4 is 47.8 Å². The van der Waals surface area contributed by atoms with Crippen molar-refractivity contribution in [2.45, 2.75) is 11.8 Å². The molecule has 0 unspecified atom stereocenters. The van der Waals surface area contributed by atoms with Crippen molar-refractivity contribution in [2.75, 3.05) is 10.7 Å². The normalized spacial score (nSPS) is 11.7. The van der Waals surface area contributed by atoms with E-state index in [1.54, 1.807) is 18.2 Å². The van der Waals surface area contributed by atoms with Gasteiger partial charge < -0.3 is 0 Å². The minimum Gasteiger partial charge on any atom is -0.207 e. The Balaban J connectivity index is 2.45. The molecule has 0 heterocycles. The average Bonchev–Trinajstić information content (AvgIpc) is 2.48. The molecule has 0 fully saturated rings. The van der Waals surface area contributed by atoms with Crippen LogP contribution < -0.4 is 0 Å². The zero-order valence-electron chi connectivity index (χ0n) is 11.1. The molecule has 0 amide bonds. The Morgan fingerprint density at radius 1 is 0.952 bits per heavy atom. The molecule has 0 radical (unpaired) electrons. The molecule has 0 spiro atoms. The first-order valence-corrected chi connectivity index (χ1v) is 9.36. The van der Waals surface area contributed by atoms with Crippen molar-refractivity contribution in [2.24, 2.45) is 0 Å². The number of hydrogen-bond donors (Lipinski definition) is 0. The highest BCUT2D eigenvalue weighted by Crippen LogP contribution is 2.34. The second-order valence-electron chi connectivity index (χ2n) is 4.97. The fourth-order valence-corrected chi connectivity index (χ4v) is 4.63. The number of halogens is 5. The Hall–Kier alpha value is -0.260. The third-order valence-corrected chi connectivity index (χ3v) is 6.13. The van der Waals surface area contributed by atoms with Gasteiger partial charge in [-0.2, -0.15) is 0 Å². The van der Waals surface area contributed by atoms with Crippen LogP contribution in [0.2, 0.25) is 0 Å². The van der Waals surface area contributed by atoms with Crippen molar-refractivity contribution in [1.29, 1.82) is 0 Å². The molecule has 0 aliphatic heterocycles. The van der Waals surface area contributed by atoms with Gasteiger partial charge in [-0.3, -0.25) is 0 Å². The van der Waals surface area contributed by atoms with Crippen molar-refractivity contribution in [1.82, 2.24) is 0 Å². The van der Waals surface area contributed by atoms with E-state index < -0.39 is 5.41 Å². The van der Waals surface area contributed by atoms with Crippen LogP contribution in [0.3, 0.4) is 0 Å². The predicted molar refractivity (Wildman–Crippen MR) is 93.5 cm³/mol. The Morgan fingerprint density at radius 2 is 1.67 bits per heavy atom. The number of alkyl halides is 2. The maximum Gasteiger partial charge on any atom is 0.126 e. The first kappa shape index (κ1) is 17.1. The van der Waals surface area contributed by atoms with E-state index in [1.165, 1.54) is 18.2 Å². The van der Waals surface area contributed by atoms with E-state index >= 15 is 0 Å². The van der Waals surface area contributed by atoms with Crippen molar-refractivity contribution < 1.29 is 8.78 Å². The largest absolute Gasteiger partial charge is 0.207 e. The summed E-state index contributed by atoms with van der Waals surface area (Å²) in [5, 5.41) is 1.20. The first-order chi connectivity index (χ1) is 10.0. The Labute approximate surface area is 148 Å². The van der Waals surface area contributed by atoms with Crippen LogP contribution in [0.25, 0.3) is 0 Å². The topological polar surface area (TPSA) is 0 Å². The van der Waals surface area contributed by atoms with Gasteiger partial charge in [-0.15, -0.1) is 0 Å². The Morgan fingerprint density at radius 3 is 2.29 bits per heavy atom. The molecule has 2 aromatic rings. The van der Waals surface area contributed by atoms with Gasteiger partial charge in [0.1, 0.15) is 11.6 Å². The van der Waals surface area contributed by atoms with Crippen LogP contribution in [0.4, 0.5) is 8.78 Å². The molecule has 21 heavy (non-hydrogen) atoms. The number of hydrogen-bond acceptors (Lipinski definition) is 0. The first-order valence-electron chi connectivity index (χ1n) is 6.33. The summed E-state index contributed by atoms with van der Waals surface area (Å²) in [4.78, 5) is 0. The molecule has 0 atom stereocenters. The van der Waals surface area contributed by atoms with E-state index in [0.29, 0.717) is 22.6 Å². The zero-order chi connectivity index (χ0) is 15.5. The van der Waals surface area contributed by atoms with Crippen LogP contribution in [0.1, 0.15) is 11.1 Å². The summed E-state index contributed by atoms with van der Waals surface area (Å²) in [6.45, 7) is 0. The summed E-state index contributed by atoms with van der Waals surface area (Å²) in [5.41, 5.74) is 1.03. The molecule has 5 heteroatoms. The monoisotopic (exact) mass is 480 g/mol. The highest BCUT2D eigenvalue weighted by molar-refractivity contribution is 9.10. The van der Waals surface area contributed by atoms with E-state index in [2.05, 4.69) is 47.8 Å². The maximum absolute atomic E-state index is 14.0. The van der Waals surface area contributed by atoms with Crippen molar-refractivity contribution in [3.63, 3.8) is 0 Å². The zero-order valence-corrected chi connectivity index (χ0v) is 15.8. The van der Waals surface area contributed by atoms with Crippen LogP contribution >= 0.6 is 47.8 Å². The minimum absolute atomic E-state index is 0.249. The van der Waals surface area contributed by atoms with E-state index in [9.17, 15) is 8.78 Å². The lowest BCUT2D eigenvalue weighted by molar-refractivity contribution is 0.517. The van der Waals surface area contributed by atoms with E-state index in [1.807, 2.05) is 6.07 Å². The van der Waals surface area contributed by atoms with Gasteiger partial charge in [-0.05, 0) is 47.9 Å². The lowest BCUT2D eigenvalue weighted by Crippen LogP contribution is -2.33. The minimum atomic E-state index is -0.413. The molecular weight excluding hydrogens is 470 g/mol. The van der Waals surface area contributed by atoms with Gasteiger partial charge in [0.25, 0.3) is 0 Å². The standard InChI is InChI=1S/C16H13Br3F2/c17-9-16(10-18,12-2-1-3-14(20)7-12)8-11-6-13(19)4-5-15(11)21/h1-7H,8-10H2. The van der Waals surface area contributed by atoms with E-state index in [4.69, 9.17) is 0 Å². The predicted octanol–water partition coefficient (Wildman–Crippen LogP) is 6.00. The van der Waals surface area contributed by atoms with Crippen molar-refractivity contribution in [3.05, 3.63) is 69.7 Å². The smallest absolute Gasteiger partial charge is 0.126 e. The van der Waals surface area contributed by atoms with Gasteiger partial charge in [0, 0.05) is 20.5 Å². The van der Waals surface area contributed by atoms with Crippen LogP contribution in [-0.4, -0.2) is 10.7 Å². The molecular formula is C16H13Br3F2. The summed E-state index contributed by atoms with van der Waals surface area (Å²) in [7, 11) is 0. The van der Waals surface area contributed by atoms with Gasteiger partial charge in [-0.1, -0.05) is 59.9 Å². The molecule has 0 N–H and O–H groups in total. The molecule has 0 aliphatic carbocycles. The third kappa shape index (κ3) is 3.93. The summed E-state index contributed by atoms with van der Waals surface area (Å²) in [6, 6.07) is 11.4. The second-order valence-corrected chi connectivity index (χ2v) is 7.01. The Bertz CT molecular complexity index is 625. The number of rotatable bonds is 5. The van der Waals surface area contributed by atoms with Crippen LogP contribution in [0, 0.1) is 11.6 Å². The molecule has 0 saturated carbocycles. The highest BCUT2D eigenvalue weighted by Gasteiger charge is 2.31. The maximum atomic E-state index is 14.0. The summed E-state index contributed by atoms with van der Waals surface area (Å²) in [6.07, 6.45) is 0.470. The molecule has 0 aliphatic rings. The Kier molecular flexibility index (Phi) is 5.97. The summed E-state index contributed by atoms with van der Waals surface area (Å²) >= 11 is 10.4. The lowest BCUT2D eigenvalue weighted by Gasteiger charge is -2.31. The van der Waals surface area contributed by atoms with Gasteiger partial charge in [0.15, 0.2) is 0 Å². The van der Waals surface area contributed by atoms with Gasteiger partial charge in [-0.25, -0.2) is 8.78 Å². The molecule has 112 valence electrons. The SMILES string of the molecule is Fc1cccc(C(CBr)(CBr)Cc2cc(Br)ccc2F)c1. The molecule has 0 aromatic heterocycles. The molecule has 2 rings (SSSR count). The quantitative estimate of drug-likeness (QED) is 0.459. The van der Waals surface area contributed by atoms with E-state index in [-0.39, 0.29) is 11.6 Å². The van der Waals surface area contributed by atoms with Gasteiger partial charge >= 0.3 is 0 Å². The molecule has 0 bridgehead atoms. The van der Waals surface area contributed by atoms with Crippen LogP contribution in [0.5, 0.6) is 0 Å². The summed E-state index contributed by atoms with van der Waals surface area (Å²) in [5.74, 6) is -0.533. The third-order valence-electron chi connectivity index (χ3n) is 3.49. The fourth-order valence-electron chi connectivity index (χ4n) is 2.25. The van der Waals surface area contributed by atoms with Gasteiger partial charge in [0.05, 0.1) is 0 Å². The molecule has 0 nitrogen and oxygen atoms in total. The second kappa shape index (κ2) is 7.34. The summed E-state index contributed by atoms with van der Waals surface area (Å²) < 4.78 is 28.4. The average molecular weight is 483 g/mol. The molecule has 0 saturated heterocycles. The number of benzene rings is 2. The molecule has 2 aromatic carbocycles. The van der Waals surface area contributed by atoms with E-state index in [0.717, 1.165) is 10.0 Å². The van der Waals surface area contributed by atoms with Crippen LogP contribution in [0.15, 0.2) is 46.9 Å². The highest BCUT2D eigenvalue weighted by atomic mass is 79.9. The van der Waals surface area contributed by atoms with Crippen molar-refractivity contribution in [3.8, 4) is 0 Å². The van der Waals surface area contributed by atoms with Gasteiger partial charge in [0.2, 0.25) is 0 Å². The van der Waals surface area contributed by atoms with Crippen LogP contribution in [-0.2, 0) is 11.8 Å². The lowest BCUT2D eigenvalue weighted by atomic mass is 9.79. The fraction of sp³-hybridized carbons (Fsp3) is 0.250.